The number of aromatic nitrogens is 2. The van der Waals surface area contributed by atoms with Gasteiger partial charge in [0, 0.05) is 31.5 Å². The number of ether oxygens (including phenoxy) is 1. The topological polar surface area (TPSA) is 97.6 Å². The fraction of sp³-hybridized carbons (Fsp3) is 0.474. The number of hydrogen-bond donors (Lipinski definition) is 1. The lowest BCUT2D eigenvalue weighted by molar-refractivity contribution is 0.00729. The van der Waals surface area contributed by atoms with Crippen LogP contribution in [0.25, 0.3) is 0 Å². The summed E-state index contributed by atoms with van der Waals surface area (Å²) in [6.45, 7) is 1.37. The average molecular weight is 370 g/mol. The number of nitrogens with one attached hydrogen (secondary N) is 1. The van der Waals surface area contributed by atoms with E-state index in [-0.39, 0.29) is 29.0 Å². The van der Waals surface area contributed by atoms with Crippen LogP contribution in [0.5, 0.6) is 5.88 Å². The SMILES string of the molecule is COc1cc(C(=O)N2CCC3(CC2)CC(NC(=O)c2cccnc2)C3)on1. The van der Waals surface area contributed by atoms with Gasteiger partial charge in [-0.05, 0) is 48.4 Å². The largest absolute Gasteiger partial charge is 0.479 e. The summed E-state index contributed by atoms with van der Waals surface area (Å²) in [5, 5.41) is 6.76. The molecular formula is C19H22N4O4. The molecule has 1 aliphatic carbocycles. The Balaban J connectivity index is 1.26. The first kappa shape index (κ1) is 17.5. The number of piperidine rings is 1. The second-order valence-corrected chi connectivity index (χ2v) is 7.35. The molecule has 1 N–H and O–H groups in total. The number of pyridine rings is 1. The third kappa shape index (κ3) is 3.51. The number of likely N-dealkylation sites (tertiary alicyclic amines) is 1. The summed E-state index contributed by atoms with van der Waals surface area (Å²) >= 11 is 0. The molecule has 0 radical (unpaired) electrons. The molecule has 27 heavy (non-hydrogen) atoms. The van der Waals surface area contributed by atoms with E-state index in [4.69, 9.17) is 9.26 Å². The average Bonchev–Trinajstić information content (AvgIpc) is 3.17. The molecule has 4 rings (SSSR count). The maximum atomic E-state index is 12.5. The van der Waals surface area contributed by atoms with Crippen molar-refractivity contribution in [2.24, 2.45) is 5.41 Å². The lowest BCUT2D eigenvalue weighted by Crippen LogP contribution is -2.55. The van der Waals surface area contributed by atoms with Gasteiger partial charge in [0.25, 0.3) is 17.7 Å². The summed E-state index contributed by atoms with van der Waals surface area (Å²) in [7, 11) is 1.48. The zero-order chi connectivity index (χ0) is 18.9. The Labute approximate surface area is 156 Å². The molecule has 0 unspecified atom stereocenters. The third-order valence-electron chi connectivity index (χ3n) is 5.64. The summed E-state index contributed by atoms with van der Waals surface area (Å²) in [4.78, 5) is 30.5. The van der Waals surface area contributed by atoms with E-state index >= 15 is 0 Å². The first-order valence-electron chi connectivity index (χ1n) is 9.09. The summed E-state index contributed by atoms with van der Waals surface area (Å²) in [5.41, 5.74) is 0.810. The zero-order valence-corrected chi connectivity index (χ0v) is 15.2. The number of carbonyl (C=O) groups is 2. The monoisotopic (exact) mass is 370 g/mol. The molecule has 8 nitrogen and oxygen atoms in total. The summed E-state index contributed by atoms with van der Waals surface area (Å²) in [6, 6.07) is 5.23. The molecule has 2 aromatic heterocycles. The molecule has 0 atom stereocenters. The number of carbonyl (C=O) groups excluding carboxylic acids is 2. The molecule has 1 aliphatic heterocycles. The molecule has 2 aliphatic rings. The predicted molar refractivity (Wildman–Crippen MR) is 95.4 cm³/mol. The van der Waals surface area contributed by atoms with Crippen molar-refractivity contribution in [2.75, 3.05) is 20.2 Å². The maximum absolute atomic E-state index is 12.5. The van der Waals surface area contributed by atoms with Crippen molar-refractivity contribution in [3.63, 3.8) is 0 Å². The number of hydrogen-bond acceptors (Lipinski definition) is 6. The van der Waals surface area contributed by atoms with Crippen LogP contribution in [-0.4, -0.2) is 53.1 Å². The highest BCUT2D eigenvalue weighted by Gasteiger charge is 2.47. The fourth-order valence-electron chi connectivity index (χ4n) is 4.06. The number of methoxy groups -OCH3 is 1. The Hall–Kier alpha value is -2.90. The van der Waals surface area contributed by atoms with Gasteiger partial charge in [0.1, 0.15) is 0 Å². The van der Waals surface area contributed by atoms with E-state index in [1.54, 1.807) is 29.4 Å². The van der Waals surface area contributed by atoms with E-state index in [2.05, 4.69) is 15.5 Å². The van der Waals surface area contributed by atoms with Gasteiger partial charge in [0.05, 0.1) is 18.7 Å². The normalized spacial score (nSPS) is 18.8. The van der Waals surface area contributed by atoms with Crippen molar-refractivity contribution in [3.05, 3.63) is 41.9 Å². The second-order valence-electron chi connectivity index (χ2n) is 7.35. The van der Waals surface area contributed by atoms with Crippen molar-refractivity contribution >= 4 is 11.8 Å². The molecule has 3 heterocycles. The first-order valence-corrected chi connectivity index (χ1v) is 9.09. The number of rotatable bonds is 4. The highest BCUT2D eigenvalue weighted by atomic mass is 16.5. The minimum atomic E-state index is -0.151. The van der Waals surface area contributed by atoms with Crippen LogP contribution in [0.15, 0.2) is 35.1 Å². The van der Waals surface area contributed by atoms with Crippen LogP contribution in [-0.2, 0) is 0 Å². The van der Waals surface area contributed by atoms with Gasteiger partial charge in [-0.2, -0.15) is 0 Å². The number of nitrogens with zero attached hydrogens (tertiary/aromatic N) is 3. The highest BCUT2D eigenvalue weighted by molar-refractivity contribution is 5.94. The van der Waals surface area contributed by atoms with Crippen LogP contribution in [0.2, 0.25) is 0 Å². The molecule has 1 saturated heterocycles. The summed E-state index contributed by atoms with van der Waals surface area (Å²) in [5.74, 6) is 0.285. The van der Waals surface area contributed by atoms with Crippen molar-refractivity contribution < 1.29 is 18.8 Å². The first-order chi connectivity index (χ1) is 13.1. The predicted octanol–water partition coefficient (Wildman–Crippen LogP) is 1.89. The fourth-order valence-corrected chi connectivity index (χ4v) is 4.06. The Kier molecular flexibility index (Phi) is 4.55. The smallest absolute Gasteiger partial charge is 0.292 e. The van der Waals surface area contributed by atoms with Crippen molar-refractivity contribution in [2.45, 2.75) is 31.7 Å². The maximum Gasteiger partial charge on any atom is 0.292 e. The van der Waals surface area contributed by atoms with Gasteiger partial charge < -0.3 is 19.5 Å². The Morgan fingerprint density at radius 2 is 2.11 bits per heavy atom. The van der Waals surface area contributed by atoms with Gasteiger partial charge in [-0.3, -0.25) is 14.6 Å². The van der Waals surface area contributed by atoms with Gasteiger partial charge >= 0.3 is 0 Å². The van der Waals surface area contributed by atoms with Crippen LogP contribution in [0.4, 0.5) is 0 Å². The van der Waals surface area contributed by atoms with E-state index in [9.17, 15) is 9.59 Å². The molecule has 2 amide bonds. The van der Waals surface area contributed by atoms with Crippen molar-refractivity contribution in [1.82, 2.24) is 20.4 Å². The lowest BCUT2D eigenvalue weighted by atomic mass is 9.60. The summed E-state index contributed by atoms with van der Waals surface area (Å²) in [6.07, 6.45) is 7.01. The van der Waals surface area contributed by atoms with Gasteiger partial charge in [-0.15, -0.1) is 0 Å². The Bertz CT molecular complexity index is 819. The molecule has 2 aromatic rings. The van der Waals surface area contributed by atoms with Crippen LogP contribution in [0.1, 0.15) is 46.6 Å². The molecule has 142 valence electrons. The molecule has 0 aromatic carbocycles. The van der Waals surface area contributed by atoms with Gasteiger partial charge in [0.15, 0.2) is 0 Å². The van der Waals surface area contributed by atoms with E-state index in [0.717, 1.165) is 25.7 Å². The van der Waals surface area contributed by atoms with E-state index in [0.29, 0.717) is 24.5 Å². The van der Waals surface area contributed by atoms with E-state index in [1.807, 2.05) is 0 Å². The summed E-state index contributed by atoms with van der Waals surface area (Å²) < 4.78 is 10.0. The molecule has 1 spiro atoms. The van der Waals surface area contributed by atoms with Crippen LogP contribution in [0.3, 0.4) is 0 Å². The Morgan fingerprint density at radius 3 is 2.74 bits per heavy atom. The minimum Gasteiger partial charge on any atom is -0.479 e. The van der Waals surface area contributed by atoms with Crippen LogP contribution in [0, 0.1) is 5.41 Å². The minimum absolute atomic E-state index is 0.0742. The van der Waals surface area contributed by atoms with Gasteiger partial charge in [-0.25, -0.2) is 0 Å². The van der Waals surface area contributed by atoms with E-state index < -0.39 is 0 Å². The number of amides is 2. The molecule has 0 bridgehead atoms. The van der Waals surface area contributed by atoms with Gasteiger partial charge in [-0.1, -0.05) is 0 Å². The second kappa shape index (κ2) is 7.02. The molecule has 1 saturated carbocycles. The zero-order valence-electron chi connectivity index (χ0n) is 15.2. The standard InChI is InChI=1S/C19H22N4O4/c1-26-16-9-15(27-22-16)18(25)23-7-4-19(5-8-23)10-14(11-19)21-17(24)13-3-2-6-20-12-13/h2-3,6,9,12,14H,4-5,7-8,10-11H2,1H3,(H,21,24). The van der Waals surface area contributed by atoms with E-state index in [1.165, 1.54) is 13.2 Å². The van der Waals surface area contributed by atoms with Crippen LogP contribution >= 0.6 is 0 Å². The lowest BCUT2D eigenvalue weighted by Gasteiger charge is -2.52. The van der Waals surface area contributed by atoms with Crippen molar-refractivity contribution in [1.29, 1.82) is 0 Å². The Morgan fingerprint density at radius 1 is 1.33 bits per heavy atom. The molecule has 2 fully saturated rings. The highest BCUT2D eigenvalue weighted by Crippen LogP contribution is 2.49. The van der Waals surface area contributed by atoms with Crippen molar-refractivity contribution in [3.8, 4) is 5.88 Å². The van der Waals surface area contributed by atoms with Crippen LogP contribution < -0.4 is 10.1 Å². The molecule has 8 heteroatoms. The van der Waals surface area contributed by atoms with Gasteiger partial charge in [0.2, 0.25) is 5.76 Å². The molecular weight excluding hydrogens is 348 g/mol. The third-order valence-corrected chi connectivity index (χ3v) is 5.64. The quantitative estimate of drug-likeness (QED) is 0.883.